The van der Waals surface area contributed by atoms with E-state index in [1.54, 1.807) is 24.3 Å². The summed E-state index contributed by atoms with van der Waals surface area (Å²) in [5.41, 5.74) is -2.76. The first-order valence-corrected chi connectivity index (χ1v) is 9.72. The maximum Gasteiger partial charge on any atom is 0.423 e. The van der Waals surface area contributed by atoms with E-state index in [-0.39, 0.29) is 5.69 Å². The second-order valence-electron chi connectivity index (χ2n) is 6.71. The van der Waals surface area contributed by atoms with Gasteiger partial charge < -0.3 is 14.8 Å². The van der Waals surface area contributed by atoms with Crippen LogP contribution in [0.15, 0.2) is 42.5 Å². The summed E-state index contributed by atoms with van der Waals surface area (Å²) >= 11 is 0. The number of anilines is 1. The molecular formula is C21H23F3N2O5. The number of hydrogen-bond donors (Lipinski definition) is 1. The van der Waals surface area contributed by atoms with Crippen molar-refractivity contribution in [2.24, 2.45) is 0 Å². The van der Waals surface area contributed by atoms with E-state index in [2.05, 4.69) is 12.2 Å². The monoisotopic (exact) mass is 440 g/mol. The Bertz CT molecular complexity index is 903. The molecule has 0 aliphatic carbocycles. The van der Waals surface area contributed by atoms with Crippen molar-refractivity contribution in [3.63, 3.8) is 0 Å². The molecule has 2 aromatic carbocycles. The Morgan fingerprint density at radius 2 is 1.77 bits per heavy atom. The normalized spacial score (nSPS) is 11.1. The lowest BCUT2D eigenvalue weighted by atomic mass is 10.1. The Kier molecular flexibility index (Phi) is 8.65. The van der Waals surface area contributed by atoms with E-state index < -0.39 is 34.9 Å². The predicted octanol–water partition coefficient (Wildman–Crippen LogP) is 5.59. The van der Waals surface area contributed by atoms with Gasteiger partial charge >= 0.3 is 6.18 Å². The van der Waals surface area contributed by atoms with Gasteiger partial charge in [-0.15, -0.1) is 0 Å². The van der Waals surface area contributed by atoms with Gasteiger partial charge in [0, 0.05) is 17.8 Å². The zero-order chi connectivity index (χ0) is 22.9. The lowest BCUT2D eigenvalue weighted by Crippen LogP contribution is -2.20. The molecule has 0 unspecified atom stereocenters. The van der Waals surface area contributed by atoms with Crippen molar-refractivity contribution >= 4 is 17.3 Å². The molecule has 0 aliphatic rings. The van der Waals surface area contributed by atoms with E-state index in [9.17, 15) is 28.1 Å². The Morgan fingerprint density at radius 3 is 2.42 bits per heavy atom. The van der Waals surface area contributed by atoms with Crippen LogP contribution in [0.4, 0.5) is 24.5 Å². The molecule has 0 saturated heterocycles. The van der Waals surface area contributed by atoms with Crippen LogP contribution in [-0.2, 0) is 11.0 Å². The fourth-order valence-corrected chi connectivity index (χ4v) is 2.72. The predicted molar refractivity (Wildman–Crippen MR) is 108 cm³/mol. The number of rotatable bonds is 11. The highest BCUT2D eigenvalue weighted by Gasteiger charge is 2.38. The Balaban J connectivity index is 1.92. The van der Waals surface area contributed by atoms with Crippen LogP contribution in [-0.4, -0.2) is 24.0 Å². The minimum atomic E-state index is -4.93. The smallest absolute Gasteiger partial charge is 0.423 e. The number of nitrogens with zero attached hydrogens (tertiary/aromatic N) is 1. The van der Waals surface area contributed by atoms with Crippen LogP contribution in [0.2, 0.25) is 0 Å². The molecule has 1 N–H and O–H groups in total. The van der Waals surface area contributed by atoms with Crippen LogP contribution in [0.5, 0.6) is 11.5 Å². The molecule has 31 heavy (non-hydrogen) atoms. The van der Waals surface area contributed by atoms with Crippen molar-refractivity contribution in [1.82, 2.24) is 0 Å². The van der Waals surface area contributed by atoms with E-state index in [0.717, 1.165) is 31.7 Å². The molecule has 10 heteroatoms. The standard InChI is InChI=1S/C21H23F3N2O5/c1-2-3-4-5-11-30-16-7-6-8-17(13-16)31-14-20(27)25-15-9-10-19(26(28)29)18(12-15)21(22,23)24/h6-10,12-13H,2-5,11,14H2,1H3,(H,25,27). The summed E-state index contributed by atoms with van der Waals surface area (Å²) in [5, 5.41) is 13.0. The molecule has 7 nitrogen and oxygen atoms in total. The average Bonchev–Trinajstić information content (AvgIpc) is 2.71. The van der Waals surface area contributed by atoms with Gasteiger partial charge in [0.2, 0.25) is 0 Å². The third-order valence-corrected chi connectivity index (χ3v) is 4.22. The molecule has 0 aliphatic heterocycles. The minimum absolute atomic E-state index is 0.226. The van der Waals surface area contributed by atoms with Gasteiger partial charge in [-0.1, -0.05) is 32.3 Å². The number of ether oxygens (including phenoxy) is 2. The molecule has 0 atom stereocenters. The maximum atomic E-state index is 13.0. The van der Waals surface area contributed by atoms with Gasteiger partial charge in [-0.25, -0.2) is 0 Å². The fraction of sp³-hybridized carbons (Fsp3) is 0.381. The van der Waals surface area contributed by atoms with Crippen molar-refractivity contribution in [2.45, 2.75) is 38.8 Å². The highest BCUT2D eigenvalue weighted by Crippen LogP contribution is 2.37. The highest BCUT2D eigenvalue weighted by atomic mass is 19.4. The van der Waals surface area contributed by atoms with Crippen LogP contribution in [0.1, 0.15) is 38.2 Å². The summed E-state index contributed by atoms with van der Waals surface area (Å²) in [5.74, 6) is 0.230. The Labute approximate surface area is 177 Å². The third kappa shape index (κ3) is 7.80. The lowest BCUT2D eigenvalue weighted by molar-refractivity contribution is -0.388. The van der Waals surface area contributed by atoms with E-state index >= 15 is 0 Å². The van der Waals surface area contributed by atoms with Crippen molar-refractivity contribution in [3.8, 4) is 11.5 Å². The summed E-state index contributed by atoms with van der Waals surface area (Å²) in [7, 11) is 0. The number of carbonyl (C=O) groups is 1. The summed E-state index contributed by atoms with van der Waals surface area (Å²) in [4.78, 5) is 21.7. The molecule has 2 rings (SSSR count). The van der Waals surface area contributed by atoms with Crippen LogP contribution in [0.3, 0.4) is 0 Å². The molecule has 0 fully saturated rings. The van der Waals surface area contributed by atoms with Gasteiger partial charge in [0.15, 0.2) is 6.61 Å². The quantitative estimate of drug-likeness (QED) is 0.279. The topological polar surface area (TPSA) is 90.7 Å². The number of hydrogen-bond acceptors (Lipinski definition) is 5. The molecule has 2 aromatic rings. The number of amides is 1. The number of benzene rings is 2. The Morgan fingerprint density at radius 1 is 1.06 bits per heavy atom. The average molecular weight is 440 g/mol. The van der Waals surface area contributed by atoms with Gasteiger partial charge in [-0.3, -0.25) is 14.9 Å². The van der Waals surface area contributed by atoms with Gasteiger partial charge in [0.05, 0.1) is 11.5 Å². The van der Waals surface area contributed by atoms with E-state index in [1.807, 2.05) is 0 Å². The molecule has 168 valence electrons. The summed E-state index contributed by atoms with van der Waals surface area (Å²) < 4.78 is 50.1. The number of nitro groups is 1. The number of halogens is 3. The first-order valence-electron chi connectivity index (χ1n) is 9.72. The van der Waals surface area contributed by atoms with E-state index in [4.69, 9.17) is 9.47 Å². The maximum absolute atomic E-state index is 13.0. The molecule has 0 spiro atoms. The molecule has 0 radical (unpaired) electrons. The number of alkyl halides is 3. The fourth-order valence-electron chi connectivity index (χ4n) is 2.72. The summed E-state index contributed by atoms with van der Waals surface area (Å²) in [6.45, 7) is 2.22. The SMILES string of the molecule is CCCCCCOc1cccc(OCC(=O)Nc2ccc([N+](=O)[O-])c(C(F)(F)F)c2)c1. The van der Waals surface area contributed by atoms with Crippen molar-refractivity contribution < 1.29 is 32.4 Å². The first kappa shape index (κ1) is 24.0. The zero-order valence-electron chi connectivity index (χ0n) is 16.9. The minimum Gasteiger partial charge on any atom is -0.493 e. The summed E-state index contributed by atoms with van der Waals surface area (Å²) in [6, 6.07) is 8.91. The van der Waals surface area contributed by atoms with Crippen molar-refractivity contribution in [1.29, 1.82) is 0 Å². The Hall–Kier alpha value is -3.30. The van der Waals surface area contributed by atoms with Crippen LogP contribution < -0.4 is 14.8 Å². The second-order valence-corrected chi connectivity index (χ2v) is 6.71. The van der Waals surface area contributed by atoms with Crippen molar-refractivity contribution in [3.05, 3.63) is 58.1 Å². The van der Waals surface area contributed by atoms with Crippen molar-refractivity contribution in [2.75, 3.05) is 18.5 Å². The molecule has 0 aromatic heterocycles. The number of nitrogens with one attached hydrogen (secondary N) is 1. The second kappa shape index (κ2) is 11.2. The molecule has 0 heterocycles. The highest BCUT2D eigenvalue weighted by molar-refractivity contribution is 5.92. The van der Waals surface area contributed by atoms with Gasteiger partial charge in [-0.05, 0) is 30.7 Å². The first-order chi connectivity index (χ1) is 14.7. The number of nitro benzene ring substituents is 1. The van der Waals surface area contributed by atoms with Gasteiger partial charge in [0.1, 0.15) is 17.1 Å². The molecular weight excluding hydrogens is 417 g/mol. The van der Waals surface area contributed by atoms with Crippen LogP contribution in [0.25, 0.3) is 0 Å². The van der Waals surface area contributed by atoms with E-state index in [1.165, 1.54) is 0 Å². The van der Waals surface area contributed by atoms with E-state index in [0.29, 0.717) is 30.2 Å². The van der Waals surface area contributed by atoms with Gasteiger partial charge in [0.25, 0.3) is 11.6 Å². The number of unbranched alkanes of at least 4 members (excludes halogenated alkanes) is 3. The third-order valence-electron chi connectivity index (χ3n) is 4.22. The largest absolute Gasteiger partial charge is 0.493 e. The number of carbonyl (C=O) groups excluding carboxylic acids is 1. The van der Waals surface area contributed by atoms with Crippen LogP contribution in [0, 0.1) is 10.1 Å². The zero-order valence-corrected chi connectivity index (χ0v) is 16.9. The lowest BCUT2D eigenvalue weighted by Gasteiger charge is -2.12. The molecule has 1 amide bonds. The molecule has 0 bridgehead atoms. The van der Waals surface area contributed by atoms with Gasteiger partial charge in [-0.2, -0.15) is 13.2 Å². The summed E-state index contributed by atoms with van der Waals surface area (Å²) in [6.07, 6.45) is -0.664. The molecule has 0 saturated carbocycles. The van der Waals surface area contributed by atoms with Crippen LogP contribution >= 0.6 is 0 Å².